The molecule has 98 valence electrons. The molecular weight excluding hydrogens is 260 g/mol. The lowest BCUT2D eigenvalue weighted by atomic mass is 10.1. The van der Waals surface area contributed by atoms with E-state index in [2.05, 4.69) is 5.32 Å². The van der Waals surface area contributed by atoms with Gasteiger partial charge in [-0.3, -0.25) is 4.79 Å². The van der Waals surface area contributed by atoms with Gasteiger partial charge in [-0.25, -0.2) is 0 Å². The number of carbonyl (C=O) groups excluding carboxylic acids is 1. The number of para-hydroxylation sites is 1. The van der Waals surface area contributed by atoms with Crippen LogP contribution in [0.2, 0.25) is 5.02 Å². The SMILES string of the molecule is Cc1ccc(C(N)C(=O)Nc2ccccc2Cl)cc1. The highest BCUT2D eigenvalue weighted by atomic mass is 35.5. The maximum absolute atomic E-state index is 12.1. The molecule has 0 saturated carbocycles. The van der Waals surface area contributed by atoms with Crippen LogP contribution in [0.15, 0.2) is 48.5 Å². The number of nitrogens with one attached hydrogen (secondary N) is 1. The molecule has 2 aromatic carbocycles. The molecule has 0 spiro atoms. The molecule has 1 amide bonds. The zero-order chi connectivity index (χ0) is 13.8. The number of halogens is 1. The van der Waals surface area contributed by atoms with Crippen molar-refractivity contribution in [3.63, 3.8) is 0 Å². The van der Waals surface area contributed by atoms with Gasteiger partial charge >= 0.3 is 0 Å². The molecule has 0 fully saturated rings. The number of benzene rings is 2. The number of rotatable bonds is 3. The second-order valence-corrected chi connectivity index (χ2v) is 4.76. The van der Waals surface area contributed by atoms with E-state index in [-0.39, 0.29) is 5.91 Å². The van der Waals surface area contributed by atoms with Crippen molar-refractivity contribution < 1.29 is 4.79 Å². The van der Waals surface area contributed by atoms with Crippen LogP contribution in [0.3, 0.4) is 0 Å². The quantitative estimate of drug-likeness (QED) is 0.902. The Kier molecular flexibility index (Phi) is 4.20. The molecule has 0 heterocycles. The molecule has 3 nitrogen and oxygen atoms in total. The van der Waals surface area contributed by atoms with Crippen LogP contribution in [0, 0.1) is 6.92 Å². The summed E-state index contributed by atoms with van der Waals surface area (Å²) < 4.78 is 0. The Balaban J connectivity index is 2.12. The number of carbonyl (C=O) groups is 1. The summed E-state index contributed by atoms with van der Waals surface area (Å²) in [4.78, 5) is 12.1. The van der Waals surface area contributed by atoms with Gasteiger partial charge in [-0.15, -0.1) is 0 Å². The van der Waals surface area contributed by atoms with Gasteiger partial charge in [0.15, 0.2) is 0 Å². The van der Waals surface area contributed by atoms with Gasteiger partial charge in [0.25, 0.3) is 0 Å². The van der Waals surface area contributed by atoms with Crippen molar-refractivity contribution in [2.45, 2.75) is 13.0 Å². The highest BCUT2D eigenvalue weighted by Crippen LogP contribution is 2.22. The van der Waals surface area contributed by atoms with Gasteiger partial charge in [-0.2, -0.15) is 0 Å². The molecule has 19 heavy (non-hydrogen) atoms. The van der Waals surface area contributed by atoms with E-state index < -0.39 is 6.04 Å². The van der Waals surface area contributed by atoms with Gasteiger partial charge in [0, 0.05) is 0 Å². The smallest absolute Gasteiger partial charge is 0.245 e. The molecule has 0 aromatic heterocycles. The van der Waals surface area contributed by atoms with Crippen LogP contribution >= 0.6 is 11.6 Å². The highest BCUT2D eigenvalue weighted by molar-refractivity contribution is 6.33. The minimum Gasteiger partial charge on any atom is -0.323 e. The van der Waals surface area contributed by atoms with E-state index in [9.17, 15) is 4.79 Å². The standard InChI is InChI=1S/C15H15ClN2O/c1-10-6-8-11(9-7-10)14(17)15(19)18-13-5-3-2-4-12(13)16/h2-9,14H,17H2,1H3,(H,18,19). The first-order valence-electron chi connectivity index (χ1n) is 5.95. The van der Waals surface area contributed by atoms with Crippen molar-refractivity contribution in [1.29, 1.82) is 0 Å². The predicted molar refractivity (Wildman–Crippen MR) is 78.2 cm³/mol. The third-order valence-electron chi connectivity index (χ3n) is 2.85. The van der Waals surface area contributed by atoms with E-state index in [0.717, 1.165) is 11.1 Å². The van der Waals surface area contributed by atoms with Crippen LogP contribution in [-0.4, -0.2) is 5.91 Å². The monoisotopic (exact) mass is 274 g/mol. The van der Waals surface area contributed by atoms with E-state index in [1.165, 1.54) is 0 Å². The average molecular weight is 275 g/mol. The van der Waals surface area contributed by atoms with Crippen LogP contribution in [0.5, 0.6) is 0 Å². The Morgan fingerprint density at radius 3 is 2.42 bits per heavy atom. The molecule has 0 bridgehead atoms. The Hall–Kier alpha value is -1.84. The van der Waals surface area contributed by atoms with Crippen molar-refractivity contribution in [3.8, 4) is 0 Å². The molecule has 1 unspecified atom stereocenters. The molecule has 4 heteroatoms. The van der Waals surface area contributed by atoms with Gasteiger partial charge in [0.05, 0.1) is 10.7 Å². The number of anilines is 1. The summed E-state index contributed by atoms with van der Waals surface area (Å²) >= 11 is 5.98. The van der Waals surface area contributed by atoms with Gasteiger partial charge in [0.2, 0.25) is 5.91 Å². The lowest BCUT2D eigenvalue weighted by Gasteiger charge is -2.13. The average Bonchev–Trinajstić information content (AvgIpc) is 2.41. The normalized spacial score (nSPS) is 11.9. The molecule has 1 atom stereocenters. The molecule has 0 aliphatic rings. The van der Waals surface area contributed by atoms with Crippen molar-refractivity contribution in [2.75, 3.05) is 5.32 Å². The predicted octanol–water partition coefficient (Wildman–Crippen LogP) is 3.29. The van der Waals surface area contributed by atoms with E-state index in [1.807, 2.05) is 31.2 Å². The fourth-order valence-electron chi connectivity index (χ4n) is 1.70. The van der Waals surface area contributed by atoms with E-state index in [4.69, 9.17) is 17.3 Å². The second-order valence-electron chi connectivity index (χ2n) is 4.36. The minimum absolute atomic E-state index is 0.281. The second kappa shape index (κ2) is 5.87. The van der Waals surface area contributed by atoms with Gasteiger partial charge in [0.1, 0.15) is 6.04 Å². The molecule has 0 aliphatic carbocycles. The lowest BCUT2D eigenvalue weighted by Crippen LogP contribution is -2.27. The molecular formula is C15H15ClN2O. The molecule has 3 N–H and O–H groups in total. The molecule has 0 saturated heterocycles. The number of amides is 1. The summed E-state index contributed by atoms with van der Waals surface area (Å²) in [6.07, 6.45) is 0. The summed E-state index contributed by atoms with van der Waals surface area (Å²) in [6, 6.07) is 13.9. The highest BCUT2D eigenvalue weighted by Gasteiger charge is 2.16. The molecule has 2 aromatic rings. The topological polar surface area (TPSA) is 55.1 Å². The fraction of sp³-hybridized carbons (Fsp3) is 0.133. The van der Waals surface area contributed by atoms with Crippen molar-refractivity contribution in [1.82, 2.24) is 0 Å². The first-order chi connectivity index (χ1) is 9.08. The third-order valence-corrected chi connectivity index (χ3v) is 3.18. The van der Waals surface area contributed by atoms with Crippen LogP contribution < -0.4 is 11.1 Å². The largest absolute Gasteiger partial charge is 0.323 e. The third kappa shape index (κ3) is 3.34. The number of hydrogen-bond acceptors (Lipinski definition) is 2. The first kappa shape index (κ1) is 13.6. The minimum atomic E-state index is -0.711. The van der Waals surface area contributed by atoms with Gasteiger partial charge in [-0.1, -0.05) is 53.6 Å². The Labute approximate surface area is 117 Å². The summed E-state index contributed by atoms with van der Waals surface area (Å²) in [7, 11) is 0. The molecule has 0 radical (unpaired) electrons. The maximum Gasteiger partial charge on any atom is 0.245 e. The van der Waals surface area contributed by atoms with E-state index in [1.54, 1.807) is 24.3 Å². The number of nitrogens with two attached hydrogens (primary N) is 1. The van der Waals surface area contributed by atoms with Gasteiger partial charge < -0.3 is 11.1 Å². The number of aryl methyl sites for hydroxylation is 1. The van der Waals surface area contributed by atoms with Gasteiger partial charge in [-0.05, 0) is 24.6 Å². The van der Waals surface area contributed by atoms with Crippen molar-refractivity contribution in [3.05, 3.63) is 64.7 Å². The lowest BCUT2D eigenvalue weighted by molar-refractivity contribution is -0.117. The zero-order valence-corrected chi connectivity index (χ0v) is 11.3. The summed E-state index contributed by atoms with van der Waals surface area (Å²) in [5.74, 6) is -0.281. The summed E-state index contributed by atoms with van der Waals surface area (Å²) in [6.45, 7) is 1.99. The maximum atomic E-state index is 12.1. The Morgan fingerprint density at radius 1 is 1.16 bits per heavy atom. The summed E-state index contributed by atoms with van der Waals surface area (Å²) in [5, 5.41) is 3.22. The van der Waals surface area contributed by atoms with Crippen LogP contribution in [0.25, 0.3) is 0 Å². The van der Waals surface area contributed by atoms with Crippen LogP contribution in [0.1, 0.15) is 17.2 Å². The van der Waals surface area contributed by atoms with Crippen LogP contribution in [-0.2, 0) is 4.79 Å². The fourth-order valence-corrected chi connectivity index (χ4v) is 1.88. The molecule has 2 rings (SSSR count). The Morgan fingerprint density at radius 2 is 1.79 bits per heavy atom. The van der Waals surface area contributed by atoms with Crippen LogP contribution in [0.4, 0.5) is 5.69 Å². The number of hydrogen-bond donors (Lipinski definition) is 2. The van der Waals surface area contributed by atoms with Crippen molar-refractivity contribution >= 4 is 23.2 Å². The first-order valence-corrected chi connectivity index (χ1v) is 6.33. The zero-order valence-electron chi connectivity index (χ0n) is 10.6. The summed E-state index contributed by atoms with van der Waals surface area (Å²) in [5.41, 5.74) is 8.40. The van der Waals surface area contributed by atoms with E-state index in [0.29, 0.717) is 10.7 Å². The molecule has 0 aliphatic heterocycles. The van der Waals surface area contributed by atoms with Crippen molar-refractivity contribution in [2.24, 2.45) is 5.73 Å². The Bertz CT molecular complexity index is 581. The van der Waals surface area contributed by atoms with E-state index >= 15 is 0 Å².